The van der Waals surface area contributed by atoms with Crippen molar-refractivity contribution in [2.24, 2.45) is 4.99 Å². The van der Waals surface area contributed by atoms with Gasteiger partial charge in [-0.1, -0.05) is 12.1 Å². The maximum absolute atomic E-state index is 10.5. The van der Waals surface area contributed by atoms with Crippen molar-refractivity contribution >= 4 is 17.0 Å². The number of hydrogen-bond donors (Lipinski definition) is 1. The Labute approximate surface area is 97.6 Å². The highest BCUT2D eigenvalue weighted by Gasteiger charge is 2.46. The third-order valence-electron chi connectivity index (χ3n) is 3.23. The first-order valence-corrected chi connectivity index (χ1v) is 5.43. The zero-order chi connectivity index (χ0) is 11.9. The predicted molar refractivity (Wildman–Crippen MR) is 62.4 cm³/mol. The second kappa shape index (κ2) is 3.40. The molecule has 3 rings (SSSR count). The zero-order valence-electron chi connectivity index (χ0n) is 9.05. The molecule has 0 radical (unpaired) electrons. The van der Waals surface area contributed by atoms with Gasteiger partial charge in [0.15, 0.2) is 0 Å². The molecule has 0 bridgehead atoms. The standard InChI is InChI=1S/C13H10N2O2/c16-8-15-13(5-6-13)10-3-4-11(17)12-9(10)2-1-7-14-12/h1-4,7,17H,5-6H2. The quantitative estimate of drug-likeness (QED) is 0.631. The molecule has 1 N–H and O–H groups in total. The minimum atomic E-state index is -0.434. The number of nitrogens with zero attached hydrogens (tertiary/aromatic N) is 2. The summed E-state index contributed by atoms with van der Waals surface area (Å²) in [7, 11) is 0. The predicted octanol–water partition coefficient (Wildman–Crippen LogP) is 2.27. The summed E-state index contributed by atoms with van der Waals surface area (Å²) in [5.74, 6) is 0.148. The Morgan fingerprint density at radius 1 is 1.35 bits per heavy atom. The summed E-state index contributed by atoms with van der Waals surface area (Å²) in [5.41, 5.74) is 1.07. The number of rotatable bonds is 2. The molecule has 0 spiro atoms. The van der Waals surface area contributed by atoms with Gasteiger partial charge < -0.3 is 5.11 Å². The smallest absolute Gasteiger partial charge is 0.235 e. The second-order valence-corrected chi connectivity index (χ2v) is 4.27. The van der Waals surface area contributed by atoms with E-state index in [-0.39, 0.29) is 5.75 Å². The van der Waals surface area contributed by atoms with Gasteiger partial charge in [0.1, 0.15) is 11.3 Å². The summed E-state index contributed by atoms with van der Waals surface area (Å²) >= 11 is 0. The molecular formula is C13H10N2O2. The Balaban J connectivity index is 2.31. The first-order valence-electron chi connectivity index (χ1n) is 5.43. The zero-order valence-corrected chi connectivity index (χ0v) is 9.05. The largest absolute Gasteiger partial charge is 0.506 e. The number of aliphatic imine (C=N–C) groups is 1. The van der Waals surface area contributed by atoms with E-state index in [9.17, 15) is 9.90 Å². The Bertz CT molecular complexity index is 641. The van der Waals surface area contributed by atoms with Crippen LogP contribution < -0.4 is 0 Å². The molecule has 84 valence electrons. The van der Waals surface area contributed by atoms with E-state index >= 15 is 0 Å². The molecule has 1 aliphatic carbocycles. The van der Waals surface area contributed by atoms with E-state index in [0.29, 0.717) is 5.52 Å². The van der Waals surface area contributed by atoms with Crippen LogP contribution in [0.4, 0.5) is 0 Å². The minimum Gasteiger partial charge on any atom is -0.506 e. The highest BCUT2D eigenvalue weighted by atomic mass is 16.3. The fourth-order valence-electron chi connectivity index (χ4n) is 2.21. The topological polar surface area (TPSA) is 62.5 Å². The lowest BCUT2D eigenvalue weighted by Gasteiger charge is -2.12. The highest BCUT2D eigenvalue weighted by molar-refractivity contribution is 5.88. The van der Waals surface area contributed by atoms with E-state index in [1.54, 1.807) is 18.3 Å². The molecule has 1 aliphatic rings. The van der Waals surface area contributed by atoms with Crippen molar-refractivity contribution in [2.45, 2.75) is 18.4 Å². The molecule has 1 fully saturated rings. The highest BCUT2D eigenvalue weighted by Crippen LogP contribution is 2.51. The van der Waals surface area contributed by atoms with Gasteiger partial charge in [-0.2, -0.15) is 4.99 Å². The van der Waals surface area contributed by atoms with Gasteiger partial charge in [0.2, 0.25) is 6.08 Å². The molecule has 0 unspecified atom stereocenters. The van der Waals surface area contributed by atoms with Crippen LogP contribution in [0.2, 0.25) is 0 Å². The average Bonchev–Trinajstić information content (AvgIpc) is 3.11. The van der Waals surface area contributed by atoms with Gasteiger partial charge >= 0.3 is 0 Å². The fourth-order valence-corrected chi connectivity index (χ4v) is 2.21. The molecule has 17 heavy (non-hydrogen) atoms. The minimum absolute atomic E-state index is 0.148. The first-order chi connectivity index (χ1) is 8.27. The lowest BCUT2D eigenvalue weighted by molar-refractivity contribution is 0.480. The van der Waals surface area contributed by atoms with Crippen molar-refractivity contribution in [2.75, 3.05) is 0 Å². The molecule has 0 aliphatic heterocycles. The van der Waals surface area contributed by atoms with Gasteiger partial charge in [-0.05, 0) is 30.5 Å². The number of hydrogen-bond acceptors (Lipinski definition) is 4. The monoisotopic (exact) mass is 226 g/mol. The van der Waals surface area contributed by atoms with E-state index in [0.717, 1.165) is 23.8 Å². The molecule has 1 aromatic carbocycles. The Kier molecular flexibility index (Phi) is 2.00. The summed E-state index contributed by atoms with van der Waals surface area (Å²) in [4.78, 5) is 18.5. The van der Waals surface area contributed by atoms with Crippen molar-refractivity contribution in [1.82, 2.24) is 4.98 Å². The van der Waals surface area contributed by atoms with E-state index < -0.39 is 5.54 Å². The van der Waals surface area contributed by atoms with Gasteiger partial charge in [0.05, 0.1) is 5.54 Å². The average molecular weight is 226 g/mol. The van der Waals surface area contributed by atoms with E-state index in [1.807, 2.05) is 18.2 Å². The van der Waals surface area contributed by atoms with Crippen LogP contribution in [0.3, 0.4) is 0 Å². The number of aromatic nitrogens is 1. The van der Waals surface area contributed by atoms with Gasteiger partial charge in [-0.25, -0.2) is 4.79 Å². The van der Waals surface area contributed by atoms with Gasteiger partial charge in [0.25, 0.3) is 0 Å². The number of fused-ring (bicyclic) bond motifs is 1. The van der Waals surface area contributed by atoms with E-state index in [2.05, 4.69) is 9.98 Å². The molecule has 0 amide bonds. The number of pyridine rings is 1. The summed E-state index contributed by atoms with van der Waals surface area (Å²) < 4.78 is 0. The van der Waals surface area contributed by atoms with Crippen LogP contribution >= 0.6 is 0 Å². The van der Waals surface area contributed by atoms with Crippen molar-refractivity contribution in [3.8, 4) is 5.75 Å². The van der Waals surface area contributed by atoms with Gasteiger partial charge in [-0.3, -0.25) is 4.98 Å². The molecule has 2 aromatic rings. The third kappa shape index (κ3) is 1.42. The molecule has 4 heteroatoms. The maximum atomic E-state index is 10.5. The van der Waals surface area contributed by atoms with Crippen molar-refractivity contribution in [3.05, 3.63) is 36.0 Å². The van der Waals surface area contributed by atoms with Crippen LogP contribution in [0.25, 0.3) is 10.9 Å². The summed E-state index contributed by atoms with van der Waals surface area (Å²) in [6, 6.07) is 7.11. The number of benzene rings is 1. The second-order valence-electron chi connectivity index (χ2n) is 4.27. The molecule has 4 nitrogen and oxygen atoms in total. The summed E-state index contributed by atoms with van der Waals surface area (Å²) in [6.07, 6.45) is 4.96. The molecule has 1 heterocycles. The molecule has 0 saturated heterocycles. The Morgan fingerprint density at radius 3 is 2.88 bits per heavy atom. The maximum Gasteiger partial charge on any atom is 0.235 e. The SMILES string of the molecule is O=C=NC1(c2ccc(O)c3ncccc23)CC1. The molecule has 1 saturated carbocycles. The van der Waals surface area contributed by atoms with Crippen LogP contribution in [-0.4, -0.2) is 16.2 Å². The molecule has 0 atom stereocenters. The van der Waals surface area contributed by atoms with Crippen LogP contribution in [0.5, 0.6) is 5.75 Å². The van der Waals surface area contributed by atoms with E-state index in [4.69, 9.17) is 0 Å². The van der Waals surface area contributed by atoms with Crippen LogP contribution in [0.1, 0.15) is 18.4 Å². The van der Waals surface area contributed by atoms with Crippen LogP contribution in [0, 0.1) is 0 Å². The lowest BCUT2D eigenvalue weighted by Crippen LogP contribution is -2.03. The van der Waals surface area contributed by atoms with Crippen LogP contribution in [-0.2, 0) is 10.3 Å². The number of phenolic OH excluding ortho intramolecular Hbond substituents is 1. The number of aromatic hydroxyl groups is 1. The fraction of sp³-hybridized carbons (Fsp3) is 0.231. The molecular weight excluding hydrogens is 216 g/mol. The number of phenols is 1. The Hall–Kier alpha value is -2.19. The van der Waals surface area contributed by atoms with Crippen molar-refractivity contribution < 1.29 is 9.90 Å². The summed E-state index contributed by atoms with van der Waals surface area (Å²) in [5, 5.41) is 10.6. The van der Waals surface area contributed by atoms with Gasteiger partial charge in [-0.15, -0.1) is 0 Å². The van der Waals surface area contributed by atoms with Crippen molar-refractivity contribution in [1.29, 1.82) is 0 Å². The lowest BCUT2D eigenvalue weighted by atomic mass is 9.99. The van der Waals surface area contributed by atoms with E-state index in [1.165, 1.54) is 0 Å². The third-order valence-corrected chi connectivity index (χ3v) is 3.23. The number of carbonyl (C=O) groups excluding carboxylic acids is 1. The molecule has 1 aromatic heterocycles. The van der Waals surface area contributed by atoms with Crippen molar-refractivity contribution in [3.63, 3.8) is 0 Å². The number of isocyanates is 1. The normalized spacial score (nSPS) is 16.5. The Morgan fingerprint density at radius 2 is 2.18 bits per heavy atom. The first kappa shape index (κ1) is 10.00. The van der Waals surface area contributed by atoms with Crippen LogP contribution in [0.15, 0.2) is 35.5 Å². The summed E-state index contributed by atoms with van der Waals surface area (Å²) in [6.45, 7) is 0. The van der Waals surface area contributed by atoms with Gasteiger partial charge in [0, 0.05) is 11.6 Å².